The highest BCUT2D eigenvalue weighted by molar-refractivity contribution is 7.99. The number of aromatic nitrogens is 3. The summed E-state index contributed by atoms with van der Waals surface area (Å²) in [5.74, 6) is -0.0650. The van der Waals surface area contributed by atoms with Crippen molar-refractivity contribution in [3.8, 4) is 11.4 Å². The van der Waals surface area contributed by atoms with Gasteiger partial charge in [-0.2, -0.15) is 0 Å². The van der Waals surface area contributed by atoms with Crippen LogP contribution >= 0.6 is 11.8 Å². The molecule has 0 unspecified atom stereocenters. The molecule has 0 bridgehead atoms. The Morgan fingerprint density at radius 2 is 1.90 bits per heavy atom. The molecule has 3 rings (SSSR count). The number of anilines is 1. The minimum Gasteiger partial charge on any atom is -0.455 e. The smallest absolute Gasteiger partial charge is 0.316 e. The van der Waals surface area contributed by atoms with Gasteiger partial charge in [-0.05, 0) is 31.5 Å². The molecule has 7 nitrogen and oxygen atoms in total. The highest BCUT2D eigenvalue weighted by Gasteiger charge is 2.15. The summed E-state index contributed by atoms with van der Waals surface area (Å²) in [6, 6.07) is 17.2. The van der Waals surface area contributed by atoms with E-state index in [2.05, 4.69) is 15.5 Å². The van der Waals surface area contributed by atoms with Crippen molar-refractivity contribution >= 4 is 29.3 Å². The number of amides is 1. The van der Waals surface area contributed by atoms with Gasteiger partial charge in [-0.15, -0.1) is 10.2 Å². The van der Waals surface area contributed by atoms with E-state index >= 15 is 0 Å². The first-order valence-corrected chi connectivity index (χ1v) is 10.2. The van der Waals surface area contributed by atoms with E-state index in [0.29, 0.717) is 17.4 Å². The SMILES string of the molecule is CCn1c(SCC(=O)OCC(=O)Nc2cccc(C)c2)nnc1-c1ccccc1. The van der Waals surface area contributed by atoms with Crippen LogP contribution in [0.2, 0.25) is 0 Å². The van der Waals surface area contributed by atoms with E-state index < -0.39 is 5.97 Å². The molecular weight excluding hydrogens is 388 g/mol. The molecule has 0 aliphatic rings. The van der Waals surface area contributed by atoms with Gasteiger partial charge in [0.05, 0.1) is 5.75 Å². The van der Waals surface area contributed by atoms with Gasteiger partial charge >= 0.3 is 5.97 Å². The van der Waals surface area contributed by atoms with E-state index in [4.69, 9.17) is 4.74 Å². The number of hydrogen-bond donors (Lipinski definition) is 1. The Kier molecular flexibility index (Phi) is 7.02. The lowest BCUT2D eigenvalue weighted by Gasteiger charge is -2.08. The van der Waals surface area contributed by atoms with E-state index in [1.165, 1.54) is 11.8 Å². The summed E-state index contributed by atoms with van der Waals surface area (Å²) in [5, 5.41) is 11.8. The maximum Gasteiger partial charge on any atom is 0.316 e. The number of carbonyl (C=O) groups excluding carboxylic acids is 2. The van der Waals surface area contributed by atoms with E-state index in [1.807, 2.05) is 66.9 Å². The largest absolute Gasteiger partial charge is 0.455 e. The van der Waals surface area contributed by atoms with E-state index in [9.17, 15) is 9.59 Å². The summed E-state index contributed by atoms with van der Waals surface area (Å²) < 4.78 is 7.01. The van der Waals surface area contributed by atoms with E-state index in [1.54, 1.807) is 6.07 Å². The van der Waals surface area contributed by atoms with Crippen molar-refractivity contribution in [2.75, 3.05) is 17.7 Å². The van der Waals surface area contributed by atoms with Crippen LogP contribution < -0.4 is 5.32 Å². The van der Waals surface area contributed by atoms with Crippen LogP contribution in [0.25, 0.3) is 11.4 Å². The Hall–Kier alpha value is -3.13. The Morgan fingerprint density at radius 1 is 1.10 bits per heavy atom. The maximum atomic E-state index is 12.0. The predicted octanol–water partition coefficient (Wildman–Crippen LogP) is 3.55. The average molecular weight is 410 g/mol. The third-order valence-corrected chi connectivity index (χ3v) is 4.99. The zero-order valence-corrected chi connectivity index (χ0v) is 17.1. The molecule has 150 valence electrons. The minimum atomic E-state index is -0.485. The first kappa shape index (κ1) is 20.6. The van der Waals surface area contributed by atoms with Crippen LogP contribution in [0.5, 0.6) is 0 Å². The van der Waals surface area contributed by atoms with Crippen LogP contribution in [-0.4, -0.2) is 39.0 Å². The second-order valence-corrected chi connectivity index (χ2v) is 7.23. The molecule has 0 aliphatic carbocycles. The van der Waals surface area contributed by atoms with Gasteiger partial charge in [-0.3, -0.25) is 9.59 Å². The molecule has 0 saturated heterocycles. The average Bonchev–Trinajstić information content (AvgIpc) is 3.14. The lowest BCUT2D eigenvalue weighted by Crippen LogP contribution is -2.21. The second-order valence-electron chi connectivity index (χ2n) is 6.28. The monoisotopic (exact) mass is 410 g/mol. The molecule has 1 amide bonds. The molecule has 0 aliphatic heterocycles. The molecule has 0 spiro atoms. The van der Waals surface area contributed by atoms with Gasteiger partial charge in [-0.1, -0.05) is 54.2 Å². The first-order valence-electron chi connectivity index (χ1n) is 9.20. The van der Waals surface area contributed by atoms with Gasteiger partial charge in [0.1, 0.15) is 0 Å². The number of nitrogens with zero attached hydrogens (tertiary/aromatic N) is 3. The summed E-state index contributed by atoms with van der Waals surface area (Å²) >= 11 is 1.24. The van der Waals surface area contributed by atoms with Gasteiger partial charge in [-0.25, -0.2) is 0 Å². The molecule has 0 saturated carbocycles. The number of thioether (sulfide) groups is 1. The summed E-state index contributed by atoms with van der Waals surface area (Å²) in [5.41, 5.74) is 2.67. The van der Waals surface area contributed by atoms with Crippen LogP contribution in [0.3, 0.4) is 0 Å². The number of ether oxygens (including phenoxy) is 1. The quantitative estimate of drug-likeness (QED) is 0.451. The molecule has 29 heavy (non-hydrogen) atoms. The molecular formula is C21H22N4O3S. The third kappa shape index (κ3) is 5.68. The molecule has 0 fully saturated rings. The number of esters is 1. The Bertz CT molecular complexity index is 989. The molecule has 8 heteroatoms. The predicted molar refractivity (Wildman–Crippen MR) is 113 cm³/mol. The number of nitrogens with one attached hydrogen (secondary N) is 1. The fourth-order valence-corrected chi connectivity index (χ4v) is 3.51. The Labute approximate surface area is 173 Å². The fraction of sp³-hybridized carbons (Fsp3) is 0.238. The van der Waals surface area contributed by atoms with Gasteiger partial charge < -0.3 is 14.6 Å². The molecule has 0 atom stereocenters. The number of aryl methyl sites for hydroxylation is 1. The summed E-state index contributed by atoms with van der Waals surface area (Å²) in [6.07, 6.45) is 0. The van der Waals surface area contributed by atoms with Gasteiger partial charge in [0, 0.05) is 17.8 Å². The van der Waals surface area contributed by atoms with E-state index in [0.717, 1.165) is 17.0 Å². The number of benzene rings is 2. The summed E-state index contributed by atoms with van der Waals surface area (Å²) in [7, 11) is 0. The van der Waals surface area contributed by atoms with Crippen LogP contribution in [0.15, 0.2) is 59.8 Å². The molecule has 3 aromatic rings. The second kappa shape index (κ2) is 9.88. The highest BCUT2D eigenvalue weighted by Crippen LogP contribution is 2.23. The summed E-state index contributed by atoms with van der Waals surface area (Å²) in [4.78, 5) is 24.0. The lowest BCUT2D eigenvalue weighted by atomic mass is 10.2. The summed E-state index contributed by atoms with van der Waals surface area (Å²) in [6.45, 7) is 4.27. The Balaban J connectivity index is 1.50. The molecule has 2 aromatic carbocycles. The number of hydrogen-bond acceptors (Lipinski definition) is 6. The van der Waals surface area contributed by atoms with Gasteiger partial charge in [0.2, 0.25) is 0 Å². The van der Waals surface area contributed by atoms with Crippen molar-refractivity contribution in [1.82, 2.24) is 14.8 Å². The van der Waals surface area contributed by atoms with Crippen molar-refractivity contribution < 1.29 is 14.3 Å². The maximum absolute atomic E-state index is 12.0. The minimum absolute atomic E-state index is 0.0463. The highest BCUT2D eigenvalue weighted by atomic mass is 32.2. The van der Waals surface area contributed by atoms with Crippen molar-refractivity contribution in [3.63, 3.8) is 0 Å². The van der Waals surface area contributed by atoms with Crippen LogP contribution in [0.4, 0.5) is 5.69 Å². The molecule has 0 radical (unpaired) electrons. The molecule has 1 heterocycles. The normalized spacial score (nSPS) is 10.6. The van der Waals surface area contributed by atoms with Crippen molar-refractivity contribution in [2.24, 2.45) is 0 Å². The van der Waals surface area contributed by atoms with E-state index in [-0.39, 0.29) is 18.3 Å². The van der Waals surface area contributed by atoms with Crippen LogP contribution in [-0.2, 0) is 20.9 Å². The third-order valence-electron chi connectivity index (χ3n) is 4.05. The Morgan fingerprint density at radius 3 is 2.62 bits per heavy atom. The topological polar surface area (TPSA) is 86.1 Å². The standard InChI is InChI=1S/C21H22N4O3S/c1-3-25-20(16-9-5-4-6-10-16)23-24-21(25)29-14-19(27)28-13-18(26)22-17-11-7-8-15(2)12-17/h4-12H,3,13-14H2,1-2H3,(H,22,26). The van der Waals surface area contributed by atoms with Gasteiger partial charge in [0.15, 0.2) is 17.6 Å². The molecule has 1 aromatic heterocycles. The van der Waals surface area contributed by atoms with Crippen LogP contribution in [0.1, 0.15) is 12.5 Å². The zero-order valence-electron chi connectivity index (χ0n) is 16.3. The first-order chi connectivity index (χ1) is 14.1. The molecule has 1 N–H and O–H groups in total. The number of rotatable bonds is 8. The number of carbonyl (C=O) groups is 2. The van der Waals surface area contributed by atoms with Crippen molar-refractivity contribution in [1.29, 1.82) is 0 Å². The fourth-order valence-electron chi connectivity index (χ4n) is 2.71. The van der Waals surface area contributed by atoms with Crippen molar-refractivity contribution in [2.45, 2.75) is 25.5 Å². The zero-order chi connectivity index (χ0) is 20.6. The van der Waals surface area contributed by atoms with Crippen molar-refractivity contribution in [3.05, 3.63) is 60.2 Å². The van der Waals surface area contributed by atoms with Crippen LogP contribution in [0, 0.1) is 6.92 Å². The van der Waals surface area contributed by atoms with Gasteiger partial charge in [0.25, 0.3) is 5.91 Å². The lowest BCUT2D eigenvalue weighted by molar-refractivity contribution is -0.144.